The fourth-order valence-corrected chi connectivity index (χ4v) is 4.86. The van der Waals surface area contributed by atoms with E-state index in [1.165, 1.54) is 5.57 Å². The van der Waals surface area contributed by atoms with Gasteiger partial charge in [-0.05, 0) is 62.7 Å². The fraction of sp³-hybridized carbons (Fsp3) is 0.647. The lowest BCUT2D eigenvalue weighted by Gasteiger charge is -2.36. The molecule has 0 aromatic carbocycles. The number of methoxy groups -OCH3 is 1. The third kappa shape index (κ3) is 14.4. The van der Waals surface area contributed by atoms with Crippen LogP contribution in [0.15, 0.2) is 66.0 Å². The molecular weight excluding hydrogens is 454 g/mol. The van der Waals surface area contributed by atoms with E-state index in [1.54, 1.807) is 7.11 Å². The van der Waals surface area contributed by atoms with Gasteiger partial charge in [-0.25, -0.2) is 0 Å². The molecule has 0 aliphatic carbocycles. The maximum Gasteiger partial charge on any atom is 0.223 e. The number of hydrogen-bond acceptors (Lipinski definition) is 2. The number of ether oxygens (including phenoxy) is 1. The van der Waals surface area contributed by atoms with Crippen molar-refractivity contribution >= 4 is 5.91 Å². The predicted molar refractivity (Wildman–Crippen MR) is 163 cm³/mol. The molecule has 0 N–H and O–H groups in total. The summed E-state index contributed by atoms with van der Waals surface area (Å²) in [6.07, 6.45) is 26.7. The van der Waals surface area contributed by atoms with Crippen molar-refractivity contribution in [2.45, 2.75) is 99.8 Å². The number of amides is 1. The van der Waals surface area contributed by atoms with E-state index in [1.807, 2.05) is 19.1 Å². The monoisotopic (exact) mass is 511 g/mol. The third-order valence-electron chi connectivity index (χ3n) is 7.03. The number of allylic oxidation sites excluding steroid dienone is 8. The molecule has 1 amide bonds. The van der Waals surface area contributed by atoms with E-state index in [2.05, 4.69) is 94.7 Å². The number of carbonyl (C=O) groups is 1. The second-order valence-electron chi connectivity index (χ2n) is 10.2. The topological polar surface area (TPSA) is 29.5 Å². The van der Waals surface area contributed by atoms with Crippen molar-refractivity contribution in [3.05, 3.63) is 66.0 Å². The minimum atomic E-state index is -0.224. The SMILES string of the molecule is C\C=C/C=C(\C=C/CC)C(CCOC)CN(CCC)C(=O)CC(C)(C=C=CC=CCC)[C@H](CC)CCC. The Bertz CT molecular complexity index is 782. The van der Waals surface area contributed by atoms with E-state index in [4.69, 9.17) is 4.74 Å². The van der Waals surface area contributed by atoms with Gasteiger partial charge in [-0.15, -0.1) is 5.73 Å². The minimum Gasteiger partial charge on any atom is -0.385 e. The molecule has 0 aliphatic heterocycles. The summed E-state index contributed by atoms with van der Waals surface area (Å²) >= 11 is 0. The number of hydrogen-bond donors (Lipinski definition) is 0. The van der Waals surface area contributed by atoms with Crippen LogP contribution in [-0.4, -0.2) is 37.6 Å². The van der Waals surface area contributed by atoms with Gasteiger partial charge in [0, 0.05) is 44.6 Å². The van der Waals surface area contributed by atoms with Crippen LogP contribution in [0.25, 0.3) is 0 Å². The molecule has 0 rings (SSSR count). The molecule has 0 spiro atoms. The first-order chi connectivity index (χ1) is 17.9. The fourth-order valence-electron chi connectivity index (χ4n) is 4.86. The highest BCUT2D eigenvalue weighted by atomic mass is 16.5. The van der Waals surface area contributed by atoms with Gasteiger partial charge < -0.3 is 9.64 Å². The standard InChI is InChI=1S/C34H57NO2/c1-9-15-18-19-20-25-34(7,32(14-6)21-12-4)28-33(36)35(26-13-5)29-31(24-27-37-8)30(22-16-10-2)23-17-11-3/h10,15-19,22-23,25,31-32H,9,11-14,21,24,26-29H2,1-8H3/b16-10-,18-15?,23-17-,30-22+/t20?,31?,32-,34?/m1/s1. The van der Waals surface area contributed by atoms with E-state index in [0.29, 0.717) is 25.5 Å². The molecule has 0 bridgehead atoms. The average molecular weight is 512 g/mol. The molecule has 2 unspecified atom stereocenters. The lowest BCUT2D eigenvalue weighted by molar-refractivity contribution is -0.134. The maximum absolute atomic E-state index is 13.9. The number of carbonyl (C=O) groups excluding carboxylic acids is 1. The zero-order valence-electron chi connectivity index (χ0n) is 25.4. The van der Waals surface area contributed by atoms with E-state index < -0.39 is 0 Å². The van der Waals surface area contributed by atoms with E-state index in [0.717, 1.165) is 51.5 Å². The van der Waals surface area contributed by atoms with Crippen LogP contribution in [0, 0.1) is 17.3 Å². The summed E-state index contributed by atoms with van der Waals surface area (Å²) in [5.41, 5.74) is 4.43. The lowest BCUT2D eigenvalue weighted by Crippen LogP contribution is -2.40. The molecule has 3 nitrogen and oxygen atoms in total. The molecule has 0 aliphatic rings. The molecule has 0 aromatic rings. The van der Waals surface area contributed by atoms with Gasteiger partial charge in [0.1, 0.15) is 0 Å². The Balaban J connectivity index is 6.19. The van der Waals surface area contributed by atoms with Gasteiger partial charge in [0.25, 0.3) is 0 Å². The first-order valence-corrected chi connectivity index (χ1v) is 14.7. The number of nitrogens with zero attached hydrogens (tertiary/aromatic N) is 1. The van der Waals surface area contributed by atoms with E-state index >= 15 is 0 Å². The van der Waals surface area contributed by atoms with E-state index in [-0.39, 0.29) is 17.2 Å². The van der Waals surface area contributed by atoms with Gasteiger partial charge in [0.05, 0.1) is 0 Å². The maximum atomic E-state index is 13.9. The van der Waals surface area contributed by atoms with Gasteiger partial charge in [-0.2, -0.15) is 0 Å². The number of rotatable bonds is 20. The van der Waals surface area contributed by atoms with Crippen molar-refractivity contribution in [1.29, 1.82) is 0 Å². The molecule has 0 fully saturated rings. The van der Waals surface area contributed by atoms with Crippen LogP contribution in [0.3, 0.4) is 0 Å². The van der Waals surface area contributed by atoms with E-state index in [9.17, 15) is 4.79 Å². The Hall–Kier alpha value is -2.09. The molecule has 0 saturated carbocycles. The Morgan fingerprint density at radius 1 is 1.03 bits per heavy atom. The van der Waals surface area contributed by atoms with Crippen LogP contribution in [0.1, 0.15) is 99.8 Å². The van der Waals surface area contributed by atoms with Gasteiger partial charge in [0.15, 0.2) is 0 Å². The van der Waals surface area contributed by atoms with Crippen molar-refractivity contribution in [1.82, 2.24) is 4.90 Å². The molecule has 210 valence electrons. The second-order valence-corrected chi connectivity index (χ2v) is 10.2. The quantitative estimate of drug-likeness (QED) is 0.120. The summed E-state index contributed by atoms with van der Waals surface area (Å²) in [6, 6.07) is 0. The highest BCUT2D eigenvalue weighted by molar-refractivity contribution is 5.77. The second kappa shape index (κ2) is 21.9. The normalized spacial score (nSPS) is 15.6. The molecule has 37 heavy (non-hydrogen) atoms. The summed E-state index contributed by atoms with van der Waals surface area (Å²) in [5, 5.41) is 0. The van der Waals surface area contributed by atoms with Gasteiger partial charge >= 0.3 is 0 Å². The summed E-state index contributed by atoms with van der Waals surface area (Å²) in [6.45, 7) is 17.4. The molecule has 0 heterocycles. The van der Waals surface area contributed by atoms with Crippen LogP contribution in [0.5, 0.6) is 0 Å². The summed E-state index contributed by atoms with van der Waals surface area (Å²) in [7, 11) is 1.75. The lowest BCUT2D eigenvalue weighted by atomic mass is 9.71. The van der Waals surface area contributed by atoms with Crippen molar-refractivity contribution in [2.75, 3.05) is 26.8 Å². The van der Waals surface area contributed by atoms with Crippen molar-refractivity contribution < 1.29 is 9.53 Å². The Labute approximate surface area is 230 Å². The Morgan fingerprint density at radius 2 is 1.76 bits per heavy atom. The van der Waals surface area contributed by atoms with Gasteiger partial charge in [-0.1, -0.05) is 96.9 Å². The molecule has 0 saturated heterocycles. The largest absolute Gasteiger partial charge is 0.385 e. The van der Waals surface area contributed by atoms with Gasteiger partial charge in [-0.3, -0.25) is 4.79 Å². The molecule has 3 heteroatoms. The summed E-state index contributed by atoms with van der Waals surface area (Å²) < 4.78 is 5.46. The molecular formula is C34H57NO2. The van der Waals surface area contributed by atoms with Crippen LogP contribution < -0.4 is 0 Å². The molecule has 0 radical (unpaired) electrons. The van der Waals surface area contributed by atoms with Crippen molar-refractivity contribution in [3.8, 4) is 0 Å². The summed E-state index contributed by atoms with van der Waals surface area (Å²) in [5.74, 6) is 0.921. The van der Waals surface area contributed by atoms with Crippen LogP contribution in [-0.2, 0) is 9.53 Å². The van der Waals surface area contributed by atoms with Crippen molar-refractivity contribution in [3.63, 3.8) is 0 Å². The van der Waals surface area contributed by atoms with Gasteiger partial charge in [0.2, 0.25) is 5.91 Å². The smallest absolute Gasteiger partial charge is 0.223 e. The zero-order chi connectivity index (χ0) is 27.9. The molecule has 3 atom stereocenters. The highest BCUT2D eigenvalue weighted by Crippen LogP contribution is 2.39. The first-order valence-electron chi connectivity index (χ1n) is 14.7. The predicted octanol–water partition coefficient (Wildman–Crippen LogP) is 9.25. The summed E-state index contributed by atoms with van der Waals surface area (Å²) in [4.78, 5) is 16.0. The first kappa shape index (κ1) is 34.9. The van der Waals surface area contributed by atoms with Crippen LogP contribution in [0.2, 0.25) is 0 Å². The average Bonchev–Trinajstić information content (AvgIpc) is 2.89. The Morgan fingerprint density at radius 3 is 2.32 bits per heavy atom. The third-order valence-corrected chi connectivity index (χ3v) is 7.03. The van der Waals surface area contributed by atoms with Crippen LogP contribution >= 0.6 is 0 Å². The minimum absolute atomic E-state index is 0.224. The Kier molecular flexibility index (Phi) is 20.7. The highest BCUT2D eigenvalue weighted by Gasteiger charge is 2.34. The molecule has 0 aromatic heterocycles. The van der Waals surface area contributed by atoms with Crippen LogP contribution in [0.4, 0.5) is 0 Å². The van der Waals surface area contributed by atoms with Crippen molar-refractivity contribution in [2.24, 2.45) is 17.3 Å². The zero-order valence-corrected chi connectivity index (χ0v) is 25.4.